The Morgan fingerprint density at radius 2 is 0.750 bits per heavy atom. The summed E-state index contributed by atoms with van der Waals surface area (Å²) in [6.45, 7) is 0. The molecule has 0 unspecified atom stereocenters. The Hall–Kier alpha value is 3.58. The van der Waals surface area contributed by atoms with Crippen LogP contribution in [0.5, 0.6) is 0 Å². The van der Waals surface area contributed by atoms with Gasteiger partial charge in [-0.25, -0.2) is 0 Å². The van der Waals surface area contributed by atoms with Crippen molar-refractivity contribution in [3.63, 3.8) is 0 Å². The summed E-state index contributed by atoms with van der Waals surface area (Å²) in [5.41, 5.74) is 0. The molecular formula is H9Ca2NaO4Si. The molecule has 4 nitrogen and oxygen atoms in total. The fourth-order valence-corrected chi connectivity index (χ4v) is 0. The average molecular weight is 204 g/mol. The summed E-state index contributed by atoms with van der Waals surface area (Å²) in [4.78, 5) is 29.3. The number of hydrogen-bond acceptors (Lipinski definition) is 4. The van der Waals surface area contributed by atoms with E-state index in [4.69, 9.17) is 19.2 Å². The first-order valence-corrected chi connectivity index (χ1v) is 2.68. The summed E-state index contributed by atoms with van der Waals surface area (Å²) in [7, 11) is -4.61. The molecule has 0 aliphatic heterocycles. The van der Waals surface area contributed by atoms with Crippen molar-refractivity contribution >= 4 is 114 Å². The molecule has 0 fully saturated rings. The topological polar surface area (TPSA) is 80.9 Å². The molecule has 0 aliphatic carbocycles. The van der Waals surface area contributed by atoms with E-state index in [1.807, 2.05) is 0 Å². The van der Waals surface area contributed by atoms with Crippen molar-refractivity contribution in [3.8, 4) is 0 Å². The normalized spacial score (nSPS) is 7.50. The molecule has 0 radical (unpaired) electrons. The first-order chi connectivity index (χ1) is 2.00. The minimum absolute atomic E-state index is 0. The van der Waals surface area contributed by atoms with Crippen LogP contribution in [0, 0.1) is 0 Å². The van der Waals surface area contributed by atoms with Crippen molar-refractivity contribution in [2.24, 2.45) is 0 Å². The molecule has 0 atom stereocenters. The standard InChI is InChI=1S/2Ca.Na.H4O4Si.5H/c;;;1-5(2,3)4;;;;;/h;;;1-4H;;;;;. The van der Waals surface area contributed by atoms with Gasteiger partial charge in [-0.05, 0) is 0 Å². The third-order valence-corrected chi connectivity index (χ3v) is 0. The molecule has 0 rings (SSSR count). The summed E-state index contributed by atoms with van der Waals surface area (Å²) in [5.74, 6) is 0. The molecule has 8 heteroatoms. The fourth-order valence-electron chi connectivity index (χ4n) is 0. The molecule has 0 heterocycles. The van der Waals surface area contributed by atoms with Gasteiger partial charge in [0.2, 0.25) is 0 Å². The van der Waals surface area contributed by atoms with E-state index in [0.717, 1.165) is 0 Å². The van der Waals surface area contributed by atoms with E-state index >= 15 is 0 Å². The predicted molar refractivity (Wildman–Crippen MR) is 38.9 cm³/mol. The van der Waals surface area contributed by atoms with Crippen LogP contribution >= 0.6 is 0 Å². The molecule has 0 amide bonds. The van der Waals surface area contributed by atoms with Gasteiger partial charge in [-0.2, -0.15) is 0 Å². The molecular weight excluding hydrogens is 195 g/mol. The van der Waals surface area contributed by atoms with Gasteiger partial charge in [0, 0.05) is 0 Å². The molecule has 0 saturated heterocycles. The van der Waals surface area contributed by atoms with Crippen molar-refractivity contribution in [2.75, 3.05) is 0 Å². The summed E-state index contributed by atoms with van der Waals surface area (Å²) < 4.78 is 0. The molecule has 4 N–H and O–H groups in total. The van der Waals surface area contributed by atoms with Crippen molar-refractivity contribution in [3.05, 3.63) is 0 Å². The Morgan fingerprint density at radius 3 is 0.750 bits per heavy atom. The Kier molecular flexibility index (Phi) is 29.8. The zero-order valence-electron chi connectivity index (χ0n) is 2.29. The van der Waals surface area contributed by atoms with Crippen LogP contribution < -0.4 is 0 Å². The second-order valence-electron chi connectivity index (χ2n) is 0.600. The van der Waals surface area contributed by atoms with E-state index in [0.29, 0.717) is 0 Å². The maximum absolute atomic E-state index is 7.33. The van der Waals surface area contributed by atoms with Crippen LogP contribution in [0.4, 0.5) is 0 Å². The van der Waals surface area contributed by atoms with E-state index in [9.17, 15) is 0 Å². The first-order valence-electron chi connectivity index (χ1n) is 0.894. The van der Waals surface area contributed by atoms with Gasteiger partial charge in [-0.15, -0.1) is 0 Å². The van der Waals surface area contributed by atoms with Crippen LogP contribution in [0.2, 0.25) is 0 Å². The summed E-state index contributed by atoms with van der Waals surface area (Å²) in [6.07, 6.45) is 0. The van der Waals surface area contributed by atoms with Gasteiger partial charge in [0.05, 0.1) is 0 Å². The zero-order valence-corrected chi connectivity index (χ0v) is 3.29. The van der Waals surface area contributed by atoms with E-state index in [2.05, 4.69) is 0 Å². The third kappa shape index (κ3) is 55.1. The predicted octanol–water partition coefficient (Wildman–Crippen LogP) is -5.09. The first kappa shape index (κ1) is 22.6. The molecule has 0 aromatic carbocycles. The van der Waals surface area contributed by atoms with Gasteiger partial charge in [-0.1, -0.05) is 0 Å². The quantitative estimate of drug-likeness (QED) is 0.298. The second-order valence-corrected chi connectivity index (χ2v) is 1.80. The number of hydrogen-bond donors (Lipinski definition) is 4. The van der Waals surface area contributed by atoms with E-state index < -0.39 is 9.05 Å². The van der Waals surface area contributed by atoms with Gasteiger partial charge in [-0.3, -0.25) is 0 Å². The van der Waals surface area contributed by atoms with Crippen molar-refractivity contribution in [1.29, 1.82) is 0 Å². The zero-order chi connectivity index (χ0) is 4.50. The molecule has 0 aromatic rings. The van der Waals surface area contributed by atoms with Crippen molar-refractivity contribution in [1.82, 2.24) is 0 Å². The Bertz CT molecular complexity index is 29.5. The molecule has 8 heavy (non-hydrogen) atoms. The summed E-state index contributed by atoms with van der Waals surface area (Å²) >= 11 is 0. The van der Waals surface area contributed by atoms with Crippen LogP contribution in [0.1, 0.15) is 0 Å². The number of rotatable bonds is 0. The van der Waals surface area contributed by atoms with Crippen LogP contribution in [0.15, 0.2) is 0 Å². The van der Waals surface area contributed by atoms with E-state index in [1.54, 1.807) is 0 Å². The van der Waals surface area contributed by atoms with Crippen LogP contribution in [0.25, 0.3) is 0 Å². The Balaban J connectivity index is -0.0000000267. The second kappa shape index (κ2) is 10.6. The Morgan fingerprint density at radius 1 is 0.750 bits per heavy atom. The van der Waals surface area contributed by atoms with Crippen LogP contribution in [0.3, 0.4) is 0 Å². The van der Waals surface area contributed by atoms with E-state index in [-0.39, 0.29) is 105 Å². The fraction of sp³-hybridized carbons (Fsp3) is 0. The van der Waals surface area contributed by atoms with Crippen LogP contribution in [-0.2, 0) is 0 Å². The van der Waals surface area contributed by atoms with Gasteiger partial charge >= 0.3 is 114 Å². The summed E-state index contributed by atoms with van der Waals surface area (Å²) in [5, 5.41) is 0. The molecule has 0 aliphatic rings. The Labute approximate surface area is 130 Å². The van der Waals surface area contributed by atoms with Gasteiger partial charge in [0.15, 0.2) is 0 Å². The molecule has 0 saturated carbocycles. The van der Waals surface area contributed by atoms with Gasteiger partial charge in [0.25, 0.3) is 0 Å². The van der Waals surface area contributed by atoms with Gasteiger partial charge < -0.3 is 19.2 Å². The van der Waals surface area contributed by atoms with Crippen LogP contribution in [-0.4, -0.2) is 133 Å². The summed E-state index contributed by atoms with van der Waals surface area (Å²) in [6, 6.07) is 0. The molecule has 0 bridgehead atoms. The van der Waals surface area contributed by atoms with Crippen molar-refractivity contribution in [2.45, 2.75) is 0 Å². The SMILES string of the molecule is O[Si](O)(O)O.[CaH2].[CaH2].[NaH]. The maximum atomic E-state index is 7.33. The van der Waals surface area contributed by atoms with Gasteiger partial charge in [0.1, 0.15) is 0 Å². The monoisotopic (exact) mass is 204 g/mol. The van der Waals surface area contributed by atoms with Crippen molar-refractivity contribution < 1.29 is 19.2 Å². The third-order valence-electron chi connectivity index (χ3n) is 0. The molecule has 42 valence electrons. The average Bonchev–Trinajstić information content (AvgIpc) is 0.722. The molecule has 0 aromatic heterocycles. The molecule has 0 spiro atoms. The minimum atomic E-state index is -4.61. The van der Waals surface area contributed by atoms with E-state index in [1.165, 1.54) is 0 Å².